The molecule has 25 heavy (non-hydrogen) atoms. The maximum atomic E-state index is 12.4. The van der Waals surface area contributed by atoms with Crippen LogP contribution in [0.3, 0.4) is 0 Å². The van der Waals surface area contributed by atoms with Crippen molar-refractivity contribution >= 4 is 11.7 Å². The van der Waals surface area contributed by atoms with Gasteiger partial charge in [-0.25, -0.2) is 0 Å². The summed E-state index contributed by atoms with van der Waals surface area (Å²) in [7, 11) is 0. The van der Waals surface area contributed by atoms with Gasteiger partial charge in [0.05, 0.1) is 12.4 Å². The van der Waals surface area contributed by atoms with Crippen LogP contribution in [-0.4, -0.2) is 34.5 Å². The van der Waals surface area contributed by atoms with Gasteiger partial charge in [-0.15, -0.1) is 0 Å². The first-order chi connectivity index (χ1) is 12.3. The molecule has 1 atom stereocenters. The van der Waals surface area contributed by atoms with Crippen LogP contribution in [-0.2, 0) is 11.4 Å². The van der Waals surface area contributed by atoms with E-state index < -0.39 is 0 Å². The first kappa shape index (κ1) is 15.9. The highest BCUT2D eigenvalue weighted by molar-refractivity contribution is 5.86. The van der Waals surface area contributed by atoms with Crippen molar-refractivity contribution in [3.05, 3.63) is 48.3 Å². The lowest BCUT2D eigenvalue weighted by Gasteiger charge is -2.24. The van der Waals surface area contributed by atoms with Crippen LogP contribution >= 0.6 is 0 Å². The molecular weight excluding hydrogens is 316 g/mol. The summed E-state index contributed by atoms with van der Waals surface area (Å²) < 4.78 is 5.76. The highest BCUT2D eigenvalue weighted by Gasteiger charge is 2.34. The third-order valence-corrected chi connectivity index (χ3v) is 4.60. The van der Waals surface area contributed by atoms with Crippen LogP contribution in [0.1, 0.15) is 31.2 Å². The summed E-state index contributed by atoms with van der Waals surface area (Å²) in [5.74, 6) is 1.30. The molecule has 1 aromatic heterocycles. The predicted molar refractivity (Wildman–Crippen MR) is 94.3 cm³/mol. The van der Waals surface area contributed by atoms with Crippen molar-refractivity contribution in [1.29, 1.82) is 0 Å². The number of anilines is 1. The summed E-state index contributed by atoms with van der Waals surface area (Å²) >= 11 is 0. The van der Waals surface area contributed by atoms with E-state index in [4.69, 9.17) is 4.74 Å². The quantitative estimate of drug-likeness (QED) is 0.875. The van der Waals surface area contributed by atoms with Crippen LogP contribution in [0, 0.1) is 0 Å². The Bertz CT molecular complexity index is 733. The van der Waals surface area contributed by atoms with Crippen LogP contribution in [0.5, 0.6) is 5.88 Å². The van der Waals surface area contributed by atoms with Gasteiger partial charge < -0.3 is 15.0 Å². The SMILES string of the molecule is O=C(NC1CC1)[C@H]1CCCN1c1cncc(OCc2ccccc2)n1. The second-order valence-electron chi connectivity index (χ2n) is 6.62. The molecule has 130 valence electrons. The average Bonchev–Trinajstić information content (AvgIpc) is 3.32. The van der Waals surface area contributed by atoms with Gasteiger partial charge in [0.15, 0.2) is 5.82 Å². The van der Waals surface area contributed by atoms with E-state index in [-0.39, 0.29) is 11.9 Å². The molecule has 4 rings (SSSR count). The van der Waals surface area contributed by atoms with Gasteiger partial charge in [-0.3, -0.25) is 9.78 Å². The van der Waals surface area contributed by atoms with E-state index in [9.17, 15) is 4.79 Å². The summed E-state index contributed by atoms with van der Waals surface area (Å²) in [6.07, 6.45) is 7.36. The molecule has 1 aliphatic heterocycles. The molecule has 2 fully saturated rings. The van der Waals surface area contributed by atoms with E-state index in [2.05, 4.69) is 15.3 Å². The molecule has 2 heterocycles. The van der Waals surface area contributed by atoms with E-state index in [0.717, 1.165) is 37.8 Å². The third-order valence-electron chi connectivity index (χ3n) is 4.60. The zero-order valence-electron chi connectivity index (χ0n) is 14.1. The molecule has 1 aliphatic carbocycles. The molecule has 0 spiro atoms. The molecule has 1 N–H and O–H groups in total. The Labute approximate surface area is 147 Å². The van der Waals surface area contributed by atoms with Crippen LogP contribution in [0.25, 0.3) is 0 Å². The van der Waals surface area contributed by atoms with Crippen LogP contribution in [0.4, 0.5) is 5.82 Å². The first-order valence-electron chi connectivity index (χ1n) is 8.85. The fraction of sp³-hybridized carbons (Fsp3) is 0.421. The topological polar surface area (TPSA) is 67.4 Å². The number of carbonyl (C=O) groups excluding carboxylic acids is 1. The predicted octanol–water partition coefficient (Wildman–Crippen LogP) is 2.30. The number of nitrogens with zero attached hydrogens (tertiary/aromatic N) is 3. The number of benzene rings is 1. The maximum Gasteiger partial charge on any atom is 0.242 e. The van der Waals surface area contributed by atoms with Gasteiger partial charge in [0, 0.05) is 12.6 Å². The zero-order valence-corrected chi connectivity index (χ0v) is 14.1. The smallest absolute Gasteiger partial charge is 0.242 e. The second-order valence-corrected chi connectivity index (χ2v) is 6.62. The standard InChI is InChI=1S/C19H22N4O2/c24-19(21-15-8-9-15)16-7-4-10-23(16)17-11-20-12-18(22-17)25-13-14-5-2-1-3-6-14/h1-3,5-6,11-12,15-16H,4,7-10,13H2,(H,21,24)/t16-/m1/s1. The van der Waals surface area contributed by atoms with E-state index in [1.54, 1.807) is 12.4 Å². The summed E-state index contributed by atoms with van der Waals surface area (Å²) in [6.45, 7) is 1.27. The lowest BCUT2D eigenvalue weighted by atomic mass is 10.2. The molecule has 0 unspecified atom stereocenters. The van der Waals surface area contributed by atoms with Crippen LogP contribution < -0.4 is 15.0 Å². The van der Waals surface area contributed by atoms with Gasteiger partial charge >= 0.3 is 0 Å². The minimum atomic E-state index is -0.153. The normalized spacial score (nSPS) is 19.7. The highest BCUT2D eigenvalue weighted by Crippen LogP contribution is 2.26. The van der Waals surface area contributed by atoms with Gasteiger partial charge in [0.2, 0.25) is 11.8 Å². The molecule has 1 saturated heterocycles. The molecule has 2 aliphatic rings. The zero-order chi connectivity index (χ0) is 17.1. The van der Waals surface area contributed by atoms with E-state index in [0.29, 0.717) is 24.3 Å². The lowest BCUT2D eigenvalue weighted by Crippen LogP contribution is -2.44. The molecule has 6 heteroatoms. The van der Waals surface area contributed by atoms with Crippen molar-refractivity contribution in [2.24, 2.45) is 0 Å². The largest absolute Gasteiger partial charge is 0.472 e. The van der Waals surface area contributed by atoms with Gasteiger partial charge in [-0.1, -0.05) is 30.3 Å². The Morgan fingerprint density at radius 2 is 2.04 bits per heavy atom. The molecule has 1 amide bonds. The van der Waals surface area contributed by atoms with Crippen molar-refractivity contribution in [3.63, 3.8) is 0 Å². The number of hydrogen-bond acceptors (Lipinski definition) is 5. The summed E-state index contributed by atoms with van der Waals surface area (Å²) in [4.78, 5) is 23.3. The average molecular weight is 338 g/mol. The Kier molecular flexibility index (Phi) is 4.50. The number of ether oxygens (including phenoxy) is 1. The third kappa shape index (κ3) is 3.90. The number of amides is 1. The Morgan fingerprint density at radius 3 is 2.84 bits per heavy atom. The van der Waals surface area contributed by atoms with Gasteiger partial charge in [0.25, 0.3) is 0 Å². The minimum Gasteiger partial charge on any atom is -0.472 e. The summed E-state index contributed by atoms with van der Waals surface area (Å²) in [5.41, 5.74) is 1.08. The number of hydrogen-bond donors (Lipinski definition) is 1. The molecule has 2 aromatic rings. The highest BCUT2D eigenvalue weighted by atomic mass is 16.5. The molecule has 0 bridgehead atoms. The molecule has 0 radical (unpaired) electrons. The van der Waals surface area contributed by atoms with Crippen LogP contribution in [0.2, 0.25) is 0 Å². The Balaban J connectivity index is 1.43. The monoisotopic (exact) mass is 338 g/mol. The Morgan fingerprint density at radius 1 is 1.20 bits per heavy atom. The van der Waals surface area contributed by atoms with Crippen molar-refractivity contribution in [1.82, 2.24) is 15.3 Å². The minimum absolute atomic E-state index is 0.109. The van der Waals surface area contributed by atoms with Gasteiger partial charge in [-0.2, -0.15) is 4.98 Å². The van der Waals surface area contributed by atoms with Crippen molar-refractivity contribution in [2.75, 3.05) is 11.4 Å². The van der Waals surface area contributed by atoms with Crippen molar-refractivity contribution < 1.29 is 9.53 Å². The van der Waals surface area contributed by atoms with Crippen molar-refractivity contribution in [3.8, 4) is 5.88 Å². The first-order valence-corrected chi connectivity index (χ1v) is 8.85. The second kappa shape index (κ2) is 7.09. The molecular formula is C19H22N4O2. The van der Waals surface area contributed by atoms with E-state index in [1.165, 1.54) is 0 Å². The van der Waals surface area contributed by atoms with E-state index >= 15 is 0 Å². The lowest BCUT2D eigenvalue weighted by molar-refractivity contribution is -0.122. The fourth-order valence-corrected chi connectivity index (χ4v) is 3.12. The number of rotatable bonds is 6. The molecule has 1 aromatic carbocycles. The fourth-order valence-electron chi connectivity index (χ4n) is 3.12. The number of nitrogens with one attached hydrogen (secondary N) is 1. The maximum absolute atomic E-state index is 12.4. The van der Waals surface area contributed by atoms with E-state index in [1.807, 2.05) is 35.2 Å². The van der Waals surface area contributed by atoms with Gasteiger partial charge in [-0.05, 0) is 31.2 Å². The number of aromatic nitrogens is 2. The number of carbonyl (C=O) groups is 1. The molecule has 6 nitrogen and oxygen atoms in total. The van der Waals surface area contributed by atoms with Crippen LogP contribution in [0.15, 0.2) is 42.7 Å². The van der Waals surface area contributed by atoms with Gasteiger partial charge in [0.1, 0.15) is 12.6 Å². The summed E-state index contributed by atoms with van der Waals surface area (Å²) in [5, 5.41) is 3.10. The molecule has 1 saturated carbocycles. The van der Waals surface area contributed by atoms with Crippen molar-refractivity contribution in [2.45, 2.75) is 44.4 Å². The summed E-state index contributed by atoms with van der Waals surface area (Å²) in [6, 6.07) is 10.2. The Hall–Kier alpha value is -2.63.